The molecule has 6 nitrogen and oxygen atoms in total. The molecule has 34 heavy (non-hydrogen) atoms. The summed E-state index contributed by atoms with van der Waals surface area (Å²) in [4.78, 5) is 8.20. The molecule has 0 atom stereocenters. The first-order valence-corrected chi connectivity index (χ1v) is 11.0. The van der Waals surface area contributed by atoms with E-state index < -0.39 is 33.9 Å². The maximum Gasteiger partial charge on any atom is 0.416 e. The van der Waals surface area contributed by atoms with Crippen LogP contribution in [-0.2, 0) is 16.2 Å². The van der Waals surface area contributed by atoms with E-state index in [2.05, 4.69) is 21.8 Å². The molecule has 0 aliphatic heterocycles. The molecule has 2 aromatic heterocycles. The number of hydrogen-bond donors (Lipinski definition) is 1. The van der Waals surface area contributed by atoms with Crippen LogP contribution in [0.5, 0.6) is 0 Å². The van der Waals surface area contributed by atoms with E-state index in [4.69, 9.17) is 5.14 Å². The van der Waals surface area contributed by atoms with Crippen molar-refractivity contribution < 1.29 is 30.4 Å². The molecule has 0 aliphatic rings. The number of alkyl halides is 5. The first kappa shape index (κ1) is 23.3. The average Bonchev–Trinajstić information content (AvgIpc) is 3.19. The van der Waals surface area contributed by atoms with Crippen LogP contribution in [0.25, 0.3) is 16.9 Å². The van der Waals surface area contributed by atoms with E-state index in [0.29, 0.717) is 5.56 Å². The molecule has 0 amide bonds. The first-order chi connectivity index (χ1) is 15.9. The summed E-state index contributed by atoms with van der Waals surface area (Å²) in [5, 5.41) is 5.05. The van der Waals surface area contributed by atoms with Crippen LogP contribution < -0.4 is 5.14 Å². The van der Waals surface area contributed by atoms with Crippen molar-refractivity contribution in [2.24, 2.45) is 5.14 Å². The molecule has 4 aromatic rings. The summed E-state index contributed by atoms with van der Waals surface area (Å²) in [6.07, 6.45) is -6.33. The van der Waals surface area contributed by atoms with Crippen LogP contribution in [-0.4, -0.2) is 22.8 Å². The number of rotatable bonds is 3. The average molecular weight is 492 g/mol. The van der Waals surface area contributed by atoms with Crippen molar-refractivity contribution in [2.45, 2.75) is 17.5 Å². The third-order valence-corrected chi connectivity index (χ3v) is 5.70. The summed E-state index contributed by atoms with van der Waals surface area (Å²) >= 11 is 0. The summed E-state index contributed by atoms with van der Waals surface area (Å²) in [7, 11) is -3.87. The Kier molecular flexibility index (Phi) is 5.84. The second-order valence-electron chi connectivity index (χ2n) is 7.05. The predicted molar refractivity (Wildman–Crippen MR) is 112 cm³/mol. The Morgan fingerprint density at radius 2 is 1.62 bits per heavy atom. The number of benzene rings is 2. The lowest BCUT2D eigenvalue weighted by molar-refractivity contribution is -0.137. The zero-order valence-electron chi connectivity index (χ0n) is 16.9. The summed E-state index contributed by atoms with van der Waals surface area (Å²) < 4.78 is 89.6. The number of sulfonamides is 1. The molecular formula is C22H13F5N4O2S. The molecule has 0 fully saturated rings. The summed E-state index contributed by atoms with van der Waals surface area (Å²) in [6.45, 7) is 0. The van der Waals surface area contributed by atoms with Crippen molar-refractivity contribution in [3.63, 3.8) is 0 Å². The Labute approximate surface area is 189 Å². The van der Waals surface area contributed by atoms with Gasteiger partial charge in [0, 0.05) is 11.1 Å². The van der Waals surface area contributed by atoms with Gasteiger partial charge in [0.2, 0.25) is 10.0 Å². The quantitative estimate of drug-likeness (QED) is 0.339. The maximum atomic E-state index is 13.7. The molecule has 0 aliphatic carbocycles. The Hall–Kier alpha value is -3.82. The lowest BCUT2D eigenvalue weighted by atomic mass is 10.1. The minimum Gasteiger partial charge on any atom is -0.281 e. The highest BCUT2D eigenvalue weighted by atomic mass is 32.2. The lowest BCUT2D eigenvalue weighted by Gasteiger charge is -2.10. The first-order valence-electron chi connectivity index (χ1n) is 9.42. The topological polar surface area (TPSA) is 90.4 Å². The molecule has 12 heteroatoms. The van der Waals surface area contributed by atoms with E-state index in [-0.39, 0.29) is 27.5 Å². The Bertz CT molecular complexity index is 1530. The van der Waals surface area contributed by atoms with E-state index in [1.807, 2.05) is 0 Å². The van der Waals surface area contributed by atoms with Crippen LogP contribution in [0.15, 0.2) is 65.8 Å². The molecular weight excluding hydrogens is 479 g/mol. The minimum absolute atomic E-state index is 0.0126. The molecule has 2 heterocycles. The lowest BCUT2D eigenvalue weighted by Crippen LogP contribution is -2.11. The highest BCUT2D eigenvalue weighted by molar-refractivity contribution is 7.89. The molecule has 0 radical (unpaired) electrons. The zero-order chi connectivity index (χ0) is 24.7. The van der Waals surface area contributed by atoms with Crippen molar-refractivity contribution in [3.05, 3.63) is 83.4 Å². The van der Waals surface area contributed by atoms with Crippen LogP contribution in [0.3, 0.4) is 0 Å². The fourth-order valence-corrected chi connectivity index (χ4v) is 3.60. The van der Waals surface area contributed by atoms with Gasteiger partial charge in [-0.1, -0.05) is 18.1 Å². The normalized spacial score (nSPS) is 12.1. The second-order valence-corrected chi connectivity index (χ2v) is 8.61. The molecule has 0 saturated heterocycles. The second kappa shape index (κ2) is 8.51. The third kappa shape index (κ3) is 4.75. The van der Waals surface area contributed by atoms with Crippen molar-refractivity contribution in [1.29, 1.82) is 0 Å². The third-order valence-electron chi connectivity index (χ3n) is 4.77. The van der Waals surface area contributed by atoms with Gasteiger partial charge >= 0.3 is 6.18 Å². The van der Waals surface area contributed by atoms with E-state index >= 15 is 0 Å². The molecule has 2 aromatic carbocycles. The summed E-state index contributed by atoms with van der Waals surface area (Å²) in [6, 6.07) is 10.4. The Balaban J connectivity index is 1.77. The SMILES string of the molecule is NS(=O)(=O)c1ccc(C#Cc2ncn3c(C(F)F)cc(-c4ccc(C(F)(F)F)cc4)nc23)cc1. The van der Waals surface area contributed by atoms with E-state index in [0.717, 1.165) is 41.1 Å². The predicted octanol–water partition coefficient (Wildman–Crippen LogP) is 4.40. The van der Waals surface area contributed by atoms with Gasteiger partial charge in [-0.2, -0.15) is 13.2 Å². The fraction of sp³-hybridized carbons (Fsp3) is 0.0909. The largest absolute Gasteiger partial charge is 0.416 e. The Morgan fingerprint density at radius 3 is 2.18 bits per heavy atom. The van der Waals surface area contributed by atoms with Gasteiger partial charge in [-0.25, -0.2) is 32.3 Å². The van der Waals surface area contributed by atoms with E-state index in [9.17, 15) is 30.4 Å². The van der Waals surface area contributed by atoms with Gasteiger partial charge in [0.1, 0.15) is 6.33 Å². The molecule has 2 N–H and O–H groups in total. The molecule has 0 spiro atoms. The minimum atomic E-state index is -4.54. The van der Waals surface area contributed by atoms with Gasteiger partial charge < -0.3 is 0 Å². The highest BCUT2D eigenvalue weighted by Crippen LogP contribution is 2.32. The van der Waals surface area contributed by atoms with Crippen molar-refractivity contribution in [3.8, 4) is 23.1 Å². The monoisotopic (exact) mass is 492 g/mol. The van der Waals surface area contributed by atoms with Crippen molar-refractivity contribution >= 4 is 15.7 Å². The van der Waals surface area contributed by atoms with Gasteiger partial charge in [-0.15, -0.1) is 0 Å². The number of hydrogen-bond acceptors (Lipinski definition) is 4. The molecule has 174 valence electrons. The van der Waals surface area contributed by atoms with Crippen LogP contribution in [0.1, 0.15) is 28.9 Å². The number of nitrogens with two attached hydrogens (primary N) is 1. The Morgan fingerprint density at radius 1 is 0.971 bits per heavy atom. The van der Waals surface area contributed by atoms with Crippen LogP contribution in [0, 0.1) is 11.8 Å². The smallest absolute Gasteiger partial charge is 0.281 e. The van der Waals surface area contributed by atoms with E-state index in [1.54, 1.807) is 0 Å². The molecule has 0 saturated carbocycles. The molecule has 4 rings (SSSR count). The van der Waals surface area contributed by atoms with Gasteiger partial charge in [0.25, 0.3) is 6.43 Å². The van der Waals surface area contributed by atoms with Crippen LogP contribution in [0.2, 0.25) is 0 Å². The van der Waals surface area contributed by atoms with Crippen LogP contribution in [0.4, 0.5) is 22.0 Å². The number of primary sulfonamides is 1. The number of fused-ring (bicyclic) bond motifs is 1. The van der Waals surface area contributed by atoms with Gasteiger partial charge in [-0.05, 0) is 48.4 Å². The van der Waals surface area contributed by atoms with Crippen LogP contribution >= 0.6 is 0 Å². The standard InChI is InChI=1S/C22H13F5N4O2S/c23-20(24)19-11-18(14-4-6-15(7-5-14)22(25,26)27)30-21-17(29-12-31(19)21)10-3-13-1-8-16(9-2-13)34(28,32)33/h1-2,4-9,11-12,20H,(H2,28,32,33). The summed E-state index contributed by atoms with van der Waals surface area (Å²) in [5.41, 5.74) is -0.670. The number of aromatic nitrogens is 3. The van der Waals surface area contributed by atoms with Gasteiger partial charge in [0.05, 0.1) is 21.8 Å². The molecule has 0 bridgehead atoms. The number of imidazole rings is 1. The highest BCUT2D eigenvalue weighted by Gasteiger charge is 2.30. The van der Waals surface area contributed by atoms with Crippen molar-refractivity contribution in [2.75, 3.05) is 0 Å². The number of halogens is 5. The molecule has 0 unspecified atom stereocenters. The zero-order valence-corrected chi connectivity index (χ0v) is 17.7. The van der Waals surface area contributed by atoms with Gasteiger partial charge in [-0.3, -0.25) is 4.40 Å². The van der Waals surface area contributed by atoms with E-state index in [1.165, 1.54) is 24.3 Å². The van der Waals surface area contributed by atoms with Gasteiger partial charge in [0.15, 0.2) is 11.3 Å². The summed E-state index contributed by atoms with van der Waals surface area (Å²) in [5.74, 6) is 5.43. The maximum absolute atomic E-state index is 13.7. The van der Waals surface area contributed by atoms with Crippen molar-refractivity contribution in [1.82, 2.24) is 14.4 Å². The number of nitrogens with zero attached hydrogens (tertiary/aromatic N) is 3. The fourth-order valence-electron chi connectivity index (χ4n) is 3.09.